The van der Waals surface area contributed by atoms with Crippen LogP contribution in [-0.4, -0.2) is 54.0 Å². The smallest absolute Gasteiger partial charge is 0.408 e. The van der Waals surface area contributed by atoms with Crippen molar-refractivity contribution in [3.8, 4) is 6.07 Å². The molecule has 0 heterocycles. The van der Waals surface area contributed by atoms with E-state index in [1.807, 2.05) is 6.07 Å². The summed E-state index contributed by atoms with van der Waals surface area (Å²) in [6.45, 7) is 9.93. The third-order valence-electron chi connectivity index (χ3n) is 5.97. The molecule has 0 aliphatic carbocycles. The Morgan fingerprint density at radius 2 is 1.42 bits per heavy atom. The Balaban J connectivity index is 2.43. The third-order valence-corrected chi connectivity index (χ3v) is 5.97. The molecule has 0 aliphatic heterocycles. The van der Waals surface area contributed by atoms with Crippen molar-refractivity contribution >= 4 is 24.1 Å². The largest absolute Gasteiger partial charge is 0.462 e. The highest BCUT2D eigenvalue weighted by Gasteiger charge is 2.54. The van der Waals surface area contributed by atoms with Crippen LogP contribution in [0.25, 0.3) is 0 Å². The second-order valence-electron chi connectivity index (χ2n) is 11.3. The first-order valence-electron chi connectivity index (χ1n) is 14.1. The van der Waals surface area contributed by atoms with E-state index >= 15 is 0 Å². The fourth-order valence-electron chi connectivity index (χ4n) is 4.07. The van der Waals surface area contributed by atoms with Crippen molar-refractivity contribution in [1.29, 1.82) is 5.26 Å². The molecule has 2 aromatic carbocycles. The van der Waals surface area contributed by atoms with Crippen LogP contribution in [0.5, 0.6) is 0 Å². The molecule has 2 rings (SSSR count). The van der Waals surface area contributed by atoms with Gasteiger partial charge in [-0.1, -0.05) is 74.5 Å². The molecular weight excluding hydrogens is 554 g/mol. The van der Waals surface area contributed by atoms with E-state index in [0.29, 0.717) is 5.56 Å². The molecule has 0 radical (unpaired) electrons. The van der Waals surface area contributed by atoms with E-state index in [1.54, 1.807) is 95.3 Å². The molecule has 11 heteroatoms. The van der Waals surface area contributed by atoms with Crippen molar-refractivity contribution in [3.05, 3.63) is 71.8 Å². The van der Waals surface area contributed by atoms with E-state index in [-0.39, 0.29) is 32.0 Å². The van der Waals surface area contributed by atoms with Crippen molar-refractivity contribution in [1.82, 2.24) is 10.6 Å². The number of hydrogen-bond acceptors (Lipinski definition) is 9. The van der Waals surface area contributed by atoms with Gasteiger partial charge in [0.05, 0.1) is 12.6 Å². The van der Waals surface area contributed by atoms with Gasteiger partial charge in [-0.3, -0.25) is 0 Å². The quantitative estimate of drug-likeness (QED) is 0.245. The number of hydrogen-bond donors (Lipinski definition) is 2. The van der Waals surface area contributed by atoms with Gasteiger partial charge in [0, 0.05) is 6.42 Å². The van der Waals surface area contributed by atoms with Gasteiger partial charge in [-0.25, -0.2) is 19.2 Å². The lowest BCUT2D eigenvalue weighted by molar-refractivity contribution is -0.180. The Hall–Kier alpha value is -4.59. The lowest BCUT2D eigenvalue weighted by atomic mass is 9.88. The second kappa shape index (κ2) is 16.2. The molecule has 2 N–H and O–H groups in total. The van der Waals surface area contributed by atoms with Gasteiger partial charge in [0.15, 0.2) is 0 Å². The van der Waals surface area contributed by atoms with E-state index < -0.39 is 47.4 Å². The number of nitrogens with one attached hydrogen (secondary N) is 2. The zero-order valence-corrected chi connectivity index (χ0v) is 25.5. The van der Waals surface area contributed by atoms with Crippen LogP contribution in [0.3, 0.4) is 0 Å². The number of benzene rings is 2. The van der Waals surface area contributed by atoms with E-state index in [9.17, 15) is 24.4 Å². The Labute approximate surface area is 252 Å². The fraction of sp³-hybridized carbons (Fsp3) is 0.469. The molecule has 0 aromatic heterocycles. The molecule has 0 fully saturated rings. The lowest BCUT2D eigenvalue weighted by Gasteiger charge is -2.35. The first kappa shape index (κ1) is 34.6. The normalized spacial score (nSPS) is 13.8. The van der Waals surface area contributed by atoms with Crippen LogP contribution in [0.2, 0.25) is 0 Å². The van der Waals surface area contributed by atoms with E-state index in [2.05, 4.69) is 10.6 Å². The van der Waals surface area contributed by atoms with Gasteiger partial charge >= 0.3 is 29.7 Å². The van der Waals surface area contributed by atoms with Crippen LogP contribution in [0.15, 0.2) is 60.7 Å². The minimum Gasteiger partial charge on any atom is -0.462 e. The highest BCUT2D eigenvalue weighted by Crippen LogP contribution is 2.26. The Bertz CT molecular complexity index is 1250. The molecule has 0 bridgehead atoms. The highest BCUT2D eigenvalue weighted by molar-refractivity contribution is 5.90. The van der Waals surface area contributed by atoms with Gasteiger partial charge in [-0.2, -0.15) is 5.26 Å². The van der Waals surface area contributed by atoms with Gasteiger partial charge in [-0.15, -0.1) is 0 Å². The van der Waals surface area contributed by atoms with Crippen LogP contribution < -0.4 is 10.6 Å². The summed E-state index contributed by atoms with van der Waals surface area (Å²) in [5.41, 5.74) is -2.08. The zero-order valence-electron chi connectivity index (χ0n) is 25.5. The third kappa shape index (κ3) is 11.3. The van der Waals surface area contributed by atoms with Crippen LogP contribution in [0.4, 0.5) is 9.59 Å². The number of nitriles is 1. The summed E-state index contributed by atoms with van der Waals surface area (Å²) in [4.78, 5) is 52.7. The van der Waals surface area contributed by atoms with Crippen molar-refractivity contribution in [3.63, 3.8) is 0 Å². The summed E-state index contributed by atoms with van der Waals surface area (Å²) in [5, 5.41) is 15.4. The van der Waals surface area contributed by atoms with Crippen LogP contribution in [0.1, 0.15) is 59.1 Å². The summed E-state index contributed by atoms with van der Waals surface area (Å²) in [5.74, 6) is -2.43. The second-order valence-corrected chi connectivity index (χ2v) is 11.3. The Kier molecular flexibility index (Phi) is 13.0. The van der Waals surface area contributed by atoms with Crippen molar-refractivity contribution < 1.29 is 38.1 Å². The average molecular weight is 596 g/mol. The minimum absolute atomic E-state index is 0.0429. The van der Waals surface area contributed by atoms with Gasteiger partial charge in [-0.05, 0) is 51.2 Å². The molecule has 3 atom stereocenters. The molecule has 2 aromatic rings. The molecular formula is C32H41N3O8. The summed E-state index contributed by atoms with van der Waals surface area (Å²) in [6, 6.07) is 16.8. The molecule has 0 aliphatic rings. The Morgan fingerprint density at radius 3 is 1.93 bits per heavy atom. The molecule has 0 saturated carbocycles. The number of carbonyl (C=O) groups excluding carboxylic acids is 4. The average Bonchev–Trinajstić information content (AvgIpc) is 2.94. The first-order valence-corrected chi connectivity index (χ1v) is 14.1. The molecule has 2 amide bonds. The lowest BCUT2D eigenvalue weighted by Crippen LogP contribution is -2.62. The van der Waals surface area contributed by atoms with E-state index in [1.165, 1.54) is 6.92 Å². The zero-order chi connectivity index (χ0) is 32.0. The van der Waals surface area contributed by atoms with Gasteiger partial charge in [0.25, 0.3) is 0 Å². The van der Waals surface area contributed by atoms with Crippen molar-refractivity contribution in [2.45, 2.75) is 84.3 Å². The number of ether oxygens (including phenoxy) is 4. The number of alkyl carbamates (subject to hydrolysis) is 2. The summed E-state index contributed by atoms with van der Waals surface area (Å²) in [6.07, 6.45) is -1.82. The highest BCUT2D eigenvalue weighted by atomic mass is 16.6. The predicted octanol–water partition coefficient (Wildman–Crippen LogP) is 4.83. The summed E-state index contributed by atoms with van der Waals surface area (Å²) >= 11 is 0. The van der Waals surface area contributed by atoms with Gasteiger partial charge in [0.1, 0.15) is 24.3 Å². The van der Waals surface area contributed by atoms with E-state index in [0.717, 1.165) is 5.56 Å². The predicted molar refractivity (Wildman–Crippen MR) is 157 cm³/mol. The number of amides is 2. The number of esters is 2. The monoisotopic (exact) mass is 595 g/mol. The first-order chi connectivity index (χ1) is 20.3. The van der Waals surface area contributed by atoms with Crippen molar-refractivity contribution in [2.75, 3.05) is 6.61 Å². The maximum atomic E-state index is 13.8. The van der Waals surface area contributed by atoms with Gasteiger partial charge in [0.2, 0.25) is 0 Å². The van der Waals surface area contributed by atoms with Crippen LogP contribution >= 0.6 is 0 Å². The maximum absolute atomic E-state index is 13.8. The summed E-state index contributed by atoms with van der Waals surface area (Å²) in [7, 11) is 0. The maximum Gasteiger partial charge on any atom is 0.408 e. The standard InChI is InChI=1S/C32H41N3O8/c1-7-40-28(37)32(21-33,26(18-22(2)3)35-30(39)43-31(4,5)6)42-27(36)25(19-23-14-10-8-11-15-23)34-29(38)41-20-24-16-12-9-13-17-24/h8-17,22,25-26H,7,18-20H2,1-6H3,(H,34,38)(H,35,39)/t25-,26-,32?/m0/s1. The molecule has 232 valence electrons. The molecule has 43 heavy (non-hydrogen) atoms. The number of nitrogens with zero attached hydrogens (tertiary/aromatic N) is 1. The molecule has 11 nitrogen and oxygen atoms in total. The van der Waals surface area contributed by atoms with Crippen molar-refractivity contribution in [2.24, 2.45) is 5.92 Å². The summed E-state index contributed by atoms with van der Waals surface area (Å²) < 4.78 is 21.5. The Morgan fingerprint density at radius 1 is 0.837 bits per heavy atom. The van der Waals surface area contributed by atoms with E-state index in [4.69, 9.17) is 18.9 Å². The number of rotatable bonds is 13. The minimum atomic E-state index is -2.60. The fourth-order valence-corrected chi connectivity index (χ4v) is 4.07. The molecule has 1 unspecified atom stereocenters. The molecule has 0 saturated heterocycles. The number of carbonyl (C=O) groups is 4. The SMILES string of the molecule is CCOC(=O)C(C#N)(OC(=O)[C@H](Cc1ccccc1)NC(=O)OCc1ccccc1)[C@H](CC(C)C)NC(=O)OC(C)(C)C. The van der Waals surface area contributed by atoms with Gasteiger partial charge < -0.3 is 29.6 Å². The van der Waals surface area contributed by atoms with Crippen LogP contribution in [-0.2, 0) is 41.6 Å². The molecule has 0 spiro atoms. The topological polar surface area (TPSA) is 153 Å². The van der Waals surface area contributed by atoms with Crippen LogP contribution in [0, 0.1) is 17.2 Å².